The predicted octanol–water partition coefficient (Wildman–Crippen LogP) is 1.93. The molecule has 1 aromatic heterocycles. The second kappa shape index (κ2) is 7.69. The van der Waals surface area contributed by atoms with Gasteiger partial charge < -0.3 is 25.6 Å². The minimum absolute atomic E-state index is 0.0752. The third kappa shape index (κ3) is 4.28. The van der Waals surface area contributed by atoms with E-state index >= 15 is 0 Å². The quantitative estimate of drug-likeness (QED) is 0.769. The lowest BCUT2D eigenvalue weighted by atomic mass is 10.2. The largest absolute Gasteiger partial charge is 0.497 e. The van der Waals surface area contributed by atoms with Gasteiger partial charge in [0.15, 0.2) is 0 Å². The number of carbonyl (C=O) groups excluding carboxylic acids is 1. The molecule has 1 saturated heterocycles. The third-order valence-electron chi connectivity index (χ3n) is 4.06. The number of rotatable bonds is 5. The summed E-state index contributed by atoms with van der Waals surface area (Å²) in [4.78, 5) is 22.9. The topological polar surface area (TPSA) is 91.4 Å². The minimum atomic E-state index is -0.212. The van der Waals surface area contributed by atoms with Gasteiger partial charge in [-0.3, -0.25) is 0 Å². The Kier molecular flexibility index (Phi) is 5.17. The fourth-order valence-electron chi connectivity index (χ4n) is 2.76. The Morgan fingerprint density at radius 3 is 2.80 bits per heavy atom. The van der Waals surface area contributed by atoms with Crippen LogP contribution in [0.2, 0.25) is 0 Å². The van der Waals surface area contributed by atoms with Gasteiger partial charge in [-0.15, -0.1) is 0 Å². The Balaban J connectivity index is 1.52. The lowest BCUT2D eigenvalue weighted by Gasteiger charge is -2.18. The summed E-state index contributed by atoms with van der Waals surface area (Å²) < 4.78 is 5.10. The number of carbonyl (C=O) groups is 1. The Hall–Kier alpha value is -3.03. The second-order valence-corrected chi connectivity index (χ2v) is 5.75. The number of hydrogen-bond acceptors (Lipinski definition) is 6. The molecule has 0 unspecified atom stereocenters. The zero-order valence-corrected chi connectivity index (χ0v) is 14.3. The van der Waals surface area contributed by atoms with Crippen molar-refractivity contribution in [3.63, 3.8) is 0 Å². The molecule has 0 saturated carbocycles. The number of methoxy groups -OCH3 is 1. The fourth-order valence-corrected chi connectivity index (χ4v) is 2.76. The van der Waals surface area contributed by atoms with Crippen LogP contribution in [0.4, 0.5) is 22.2 Å². The number of ether oxygens (including phenoxy) is 1. The van der Waals surface area contributed by atoms with E-state index in [1.54, 1.807) is 44.6 Å². The average molecular weight is 342 g/mol. The van der Waals surface area contributed by atoms with Crippen molar-refractivity contribution < 1.29 is 9.53 Å². The highest BCUT2D eigenvalue weighted by Crippen LogP contribution is 2.19. The van der Waals surface area contributed by atoms with Gasteiger partial charge in [-0.2, -0.15) is 4.98 Å². The Morgan fingerprint density at radius 1 is 1.28 bits per heavy atom. The predicted molar refractivity (Wildman–Crippen MR) is 97.3 cm³/mol. The summed E-state index contributed by atoms with van der Waals surface area (Å²) in [5.74, 6) is 2.20. The first-order chi connectivity index (χ1) is 12.2. The molecule has 0 aliphatic carbocycles. The molecule has 2 heterocycles. The molecule has 1 aliphatic rings. The van der Waals surface area contributed by atoms with Crippen molar-refractivity contribution in [3.8, 4) is 5.75 Å². The maximum atomic E-state index is 12.2. The van der Waals surface area contributed by atoms with Crippen molar-refractivity contribution in [2.45, 2.75) is 12.5 Å². The van der Waals surface area contributed by atoms with E-state index in [1.165, 1.54) is 0 Å². The second-order valence-electron chi connectivity index (χ2n) is 5.75. The van der Waals surface area contributed by atoms with Crippen LogP contribution in [0.3, 0.4) is 0 Å². The van der Waals surface area contributed by atoms with Gasteiger partial charge in [0, 0.05) is 38.1 Å². The molecule has 0 bridgehead atoms. The molecule has 25 heavy (non-hydrogen) atoms. The van der Waals surface area contributed by atoms with E-state index in [0.29, 0.717) is 5.95 Å². The van der Waals surface area contributed by atoms with Gasteiger partial charge in [0.25, 0.3) is 0 Å². The van der Waals surface area contributed by atoms with Crippen molar-refractivity contribution in [1.82, 2.24) is 15.3 Å². The first-order valence-electron chi connectivity index (χ1n) is 8.15. The van der Waals surface area contributed by atoms with Crippen molar-refractivity contribution >= 4 is 23.5 Å². The summed E-state index contributed by atoms with van der Waals surface area (Å²) in [6, 6.07) is 8.96. The summed E-state index contributed by atoms with van der Waals surface area (Å²) in [5, 5.41) is 8.77. The van der Waals surface area contributed by atoms with Crippen LogP contribution in [0.25, 0.3) is 0 Å². The monoisotopic (exact) mass is 342 g/mol. The van der Waals surface area contributed by atoms with Crippen LogP contribution >= 0.6 is 0 Å². The van der Waals surface area contributed by atoms with Crippen LogP contribution in [0.5, 0.6) is 5.75 Å². The normalized spacial score (nSPS) is 16.4. The first-order valence-corrected chi connectivity index (χ1v) is 8.15. The van der Waals surface area contributed by atoms with Crippen LogP contribution in [0.1, 0.15) is 6.42 Å². The Morgan fingerprint density at radius 2 is 2.08 bits per heavy atom. The van der Waals surface area contributed by atoms with E-state index < -0.39 is 0 Å². The maximum absolute atomic E-state index is 12.2. The highest BCUT2D eigenvalue weighted by atomic mass is 16.5. The molecular formula is C17H22N6O2. The molecule has 2 amide bonds. The average Bonchev–Trinajstić information content (AvgIpc) is 3.10. The molecule has 0 spiro atoms. The van der Waals surface area contributed by atoms with E-state index in [4.69, 9.17) is 4.74 Å². The van der Waals surface area contributed by atoms with E-state index in [0.717, 1.165) is 36.8 Å². The molecule has 132 valence electrons. The number of urea groups is 1. The lowest BCUT2D eigenvalue weighted by molar-refractivity contribution is 0.249. The molecule has 2 aromatic rings. The van der Waals surface area contributed by atoms with Crippen LogP contribution in [0, 0.1) is 0 Å². The summed E-state index contributed by atoms with van der Waals surface area (Å²) >= 11 is 0. The summed E-state index contributed by atoms with van der Waals surface area (Å²) in [5.41, 5.74) is 0.725. The number of anilines is 3. The molecule has 1 atom stereocenters. The highest BCUT2D eigenvalue weighted by Gasteiger charge is 2.25. The van der Waals surface area contributed by atoms with Crippen molar-refractivity contribution in [3.05, 3.63) is 36.5 Å². The molecule has 1 fully saturated rings. The minimum Gasteiger partial charge on any atom is -0.497 e. The molecule has 3 N–H and O–H groups in total. The summed E-state index contributed by atoms with van der Waals surface area (Å²) in [6.45, 7) is 1.56. The maximum Gasteiger partial charge on any atom is 0.319 e. The van der Waals surface area contributed by atoms with Crippen LogP contribution in [-0.4, -0.2) is 49.3 Å². The number of nitrogens with zero attached hydrogens (tertiary/aromatic N) is 3. The van der Waals surface area contributed by atoms with E-state index in [2.05, 4.69) is 30.8 Å². The summed E-state index contributed by atoms with van der Waals surface area (Å²) in [6.07, 6.45) is 2.60. The number of hydrogen-bond donors (Lipinski definition) is 3. The van der Waals surface area contributed by atoms with Gasteiger partial charge in [-0.25, -0.2) is 9.78 Å². The van der Waals surface area contributed by atoms with Gasteiger partial charge in [0.05, 0.1) is 7.11 Å². The molecular weight excluding hydrogens is 320 g/mol. The molecule has 8 heteroatoms. The number of benzene rings is 1. The van der Waals surface area contributed by atoms with E-state index in [-0.39, 0.29) is 12.1 Å². The number of amides is 2. The van der Waals surface area contributed by atoms with Gasteiger partial charge in [0.2, 0.25) is 5.95 Å². The number of nitrogens with one attached hydrogen (secondary N) is 3. The van der Waals surface area contributed by atoms with Crippen molar-refractivity contribution in [1.29, 1.82) is 0 Å². The zero-order chi connectivity index (χ0) is 17.6. The first kappa shape index (κ1) is 16.8. The van der Waals surface area contributed by atoms with Gasteiger partial charge in [-0.05, 0) is 36.8 Å². The van der Waals surface area contributed by atoms with E-state index in [1.807, 2.05) is 6.07 Å². The highest BCUT2D eigenvalue weighted by molar-refractivity contribution is 5.89. The standard InChI is InChI=1S/C17H22N6O2/c1-18-16-19-9-7-15(22-16)23-10-8-13(11-23)21-17(24)20-12-3-5-14(25-2)6-4-12/h3-7,9,13H,8,10-11H2,1-2H3,(H,18,19,22)(H2,20,21,24)/t13-/m0/s1. The molecule has 1 aromatic carbocycles. The molecule has 1 aliphatic heterocycles. The SMILES string of the molecule is CNc1nccc(N2CC[C@H](NC(=O)Nc3ccc(OC)cc3)C2)n1. The van der Waals surface area contributed by atoms with Gasteiger partial charge in [0.1, 0.15) is 11.6 Å². The van der Waals surface area contributed by atoms with Crippen molar-refractivity contribution in [2.75, 3.05) is 42.8 Å². The molecule has 0 radical (unpaired) electrons. The zero-order valence-electron chi connectivity index (χ0n) is 14.3. The lowest BCUT2D eigenvalue weighted by Crippen LogP contribution is -2.39. The van der Waals surface area contributed by atoms with Crippen molar-refractivity contribution in [2.24, 2.45) is 0 Å². The summed E-state index contributed by atoms with van der Waals surface area (Å²) in [7, 11) is 3.40. The third-order valence-corrected chi connectivity index (χ3v) is 4.06. The fraction of sp³-hybridized carbons (Fsp3) is 0.353. The van der Waals surface area contributed by atoms with Crippen LogP contribution < -0.4 is 25.6 Å². The van der Waals surface area contributed by atoms with E-state index in [9.17, 15) is 4.79 Å². The smallest absolute Gasteiger partial charge is 0.319 e. The van der Waals surface area contributed by atoms with Gasteiger partial charge in [-0.1, -0.05) is 0 Å². The van der Waals surface area contributed by atoms with Crippen LogP contribution in [-0.2, 0) is 0 Å². The Bertz CT molecular complexity index is 721. The Labute approximate surface area is 146 Å². The van der Waals surface area contributed by atoms with Crippen LogP contribution in [0.15, 0.2) is 36.5 Å². The number of aromatic nitrogens is 2. The molecule has 3 rings (SSSR count). The molecule has 8 nitrogen and oxygen atoms in total. The van der Waals surface area contributed by atoms with Gasteiger partial charge >= 0.3 is 6.03 Å².